The van der Waals surface area contributed by atoms with Crippen LogP contribution < -0.4 is 0 Å². The second-order valence-corrected chi connectivity index (χ2v) is 6.13. The highest BCUT2D eigenvalue weighted by molar-refractivity contribution is 8.14. The average molecular weight is 274 g/mol. The van der Waals surface area contributed by atoms with Crippen molar-refractivity contribution in [2.24, 2.45) is 11.8 Å². The second-order valence-electron chi connectivity index (χ2n) is 4.85. The summed E-state index contributed by atoms with van der Waals surface area (Å²) in [6.07, 6.45) is 0.658. The maximum atomic E-state index is 11.3. The average Bonchev–Trinajstić information content (AvgIpc) is 2.27. The molecule has 0 spiro atoms. The minimum absolute atomic E-state index is 0.0197. The van der Waals surface area contributed by atoms with Crippen molar-refractivity contribution in [2.45, 2.75) is 58.7 Å². The maximum Gasteiger partial charge on any atom is 0.303 e. The fourth-order valence-electron chi connectivity index (χ4n) is 2.34. The van der Waals surface area contributed by atoms with Gasteiger partial charge in [-0.05, 0) is 12.3 Å². The monoisotopic (exact) mass is 274 g/mol. The molecule has 0 aromatic heterocycles. The Bertz CT molecular complexity index is 318. The largest absolute Gasteiger partial charge is 0.459 e. The van der Waals surface area contributed by atoms with Gasteiger partial charge in [0.25, 0.3) is 0 Å². The van der Waals surface area contributed by atoms with Crippen molar-refractivity contribution >= 4 is 22.8 Å². The number of thioether (sulfide) groups is 1. The summed E-state index contributed by atoms with van der Waals surface area (Å²) >= 11 is 1.11. The Kier molecular flexibility index (Phi) is 5.66. The smallest absolute Gasteiger partial charge is 0.303 e. The zero-order valence-electron chi connectivity index (χ0n) is 11.6. The van der Waals surface area contributed by atoms with Gasteiger partial charge in [-0.3, -0.25) is 9.59 Å². The zero-order chi connectivity index (χ0) is 13.9. The highest BCUT2D eigenvalue weighted by Gasteiger charge is 2.43. The summed E-state index contributed by atoms with van der Waals surface area (Å²) in [5.41, 5.74) is -0.387. The van der Waals surface area contributed by atoms with Gasteiger partial charge in [0, 0.05) is 19.8 Å². The Hall–Kier alpha value is -0.550. The first kappa shape index (κ1) is 15.5. The van der Waals surface area contributed by atoms with Gasteiger partial charge in [-0.2, -0.15) is 0 Å². The molecule has 1 fully saturated rings. The van der Waals surface area contributed by atoms with Crippen LogP contribution >= 0.6 is 11.8 Å². The van der Waals surface area contributed by atoms with Crippen molar-refractivity contribution < 1.29 is 19.1 Å². The lowest BCUT2D eigenvalue weighted by molar-refractivity contribution is -0.176. The molecule has 5 heteroatoms. The molecule has 1 rings (SSSR count). The summed E-state index contributed by atoms with van der Waals surface area (Å²) in [5.74, 6) is 0.166. The van der Waals surface area contributed by atoms with Gasteiger partial charge in [-0.15, -0.1) is 0 Å². The van der Waals surface area contributed by atoms with Crippen LogP contribution in [-0.2, 0) is 19.1 Å². The van der Waals surface area contributed by atoms with E-state index in [0.717, 1.165) is 18.2 Å². The molecule has 4 nitrogen and oxygen atoms in total. The third kappa shape index (κ3) is 3.72. The van der Waals surface area contributed by atoms with Gasteiger partial charge in [0.05, 0.1) is 6.10 Å². The lowest BCUT2D eigenvalue weighted by Crippen LogP contribution is -2.49. The molecule has 0 bridgehead atoms. The van der Waals surface area contributed by atoms with Crippen LogP contribution in [0, 0.1) is 11.8 Å². The maximum absolute atomic E-state index is 11.3. The van der Waals surface area contributed by atoms with Gasteiger partial charge >= 0.3 is 5.97 Å². The molecule has 0 aromatic carbocycles. The summed E-state index contributed by atoms with van der Waals surface area (Å²) in [5, 5.41) is -0.0197. The van der Waals surface area contributed by atoms with Crippen LogP contribution in [0.3, 0.4) is 0 Å². The Morgan fingerprint density at radius 1 is 1.22 bits per heavy atom. The van der Waals surface area contributed by atoms with Crippen LogP contribution in [0.1, 0.15) is 41.0 Å². The van der Waals surface area contributed by atoms with E-state index in [2.05, 4.69) is 20.8 Å². The third-order valence-electron chi connectivity index (χ3n) is 3.50. The number of carbonyl (C=O) groups excluding carboxylic acids is 2. The molecule has 1 heterocycles. The molecule has 1 aliphatic rings. The van der Waals surface area contributed by atoms with E-state index >= 15 is 0 Å². The predicted molar refractivity (Wildman–Crippen MR) is 71.1 cm³/mol. The molecule has 0 aromatic rings. The van der Waals surface area contributed by atoms with Crippen molar-refractivity contribution in [1.29, 1.82) is 0 Å². The lowest BCUT2D eigenvalue weighted by atomic mass is 9.83. The molecule has 5 atom stereocenters. The molecule has 0 N–H and O–H groups in total. The lowest BCUT2D eigenvalue weighted by Gasteiger charge is -2.43. The molecular weight excluding hydrogens is 252 g/mol. The highest BCUT2D eigenvalue weighted by atomic mass is 32.2. The summed E-state index contributed by atoms with van der Waals surface area (Å²) in [7, 11) is 0. The topological polar surface area (TPSA) is 52.6 Å². The number of ether oxygens (including phenoxy) is 2. The quantitative estimate of drug-likeness (QED) is 0.740. The second kappa shape index (κ2) is 6.57. The Labute approximate surface area is 113 Å². The Morgan fingerprint density at radius 2 is 1.83 bits per heavy atom. The van der Waals surface area contributed by atoms with E-state index in [9.17, 15) is 9.59 Å². The molecule has 0 radical (unpaired) electrons. The molecule has 1 aliphatic heterocycles. The minimum Gasteiger partial charge on any atom is -0.459 e. The van der Waals surface area contributed by atoms with E-state index in [0.29, 0.717) is 5.92 Å². The normalized spacial score (nSPS) is 36.2. The summed E-state index contributed by atoms with van der Waals surface area (Å²) < 4.78 is 11.3. The molecule has 104 valence electrons. The van der Waals surface area contributed by atoms with E-state index in [1.165, 1.54) is 13.8 Å². The number of hydrogen-bond acceptors (Lipinski definition) is 5. The SMILES string of the molecule is CCC1O[C@H](SC(C)=O)C(OC(C)=O)[C@@H](C)[C@H]1C. The van der Waals surface area contributed by atoms with E-state index in [4.69, 9.17) is 9.47 Å². The first-order valence-electron chi connectivity index (χ1n) is 6.36. The molecule has 0 aliphatic carbocycles. The van der Waals surface area contributed by atoms with Gasteiger partial charge in [0.2, 0.25) is 0 Å². The molecular formula is C13H22O4S. The number of carbonyl (C=O) groups is 2. The van der Waals surface area contributed by atoms with E-state index in [-0.39, 0.29) is 34.6 Å². The molecule has 0 amide bonds. The zero-order valence-corrected chi connectivity index (χ0v) is 12.5. The standard InChI is InChI=1S/C13H22O4S/c1-6-11-7(2)8(3)12(16-9(4)14)13(17-11)18-10(5)15/h7-8,11-13H,6H2,1-5H3/t7-,8+,11?,12?,13-/m1/s1. The highest BCUT2D eigenvalue weighted by Crippen LogP contribution is 2.38. The summed E-state index contributed by atoms with van der Waals surface area (Å²) in [6, 6.07) is 0. The first-order valence-corrected chi connectivity index (χ1v) is 7.24. The van der Waals surface area contributed by atoms with Crippen molar-refractivity contribution in [3.63, 3.8) is 0 Å². The molecule has 0 saturated carbocycles. The van der Waals surface area contributed by atoms with E-state index in [1.54, 1.807) is 0 Å². The van der Waals surface area contributed by atoms with Gasteiger partial charge in [-0.1, -0.05) is 32.5 Å². The van der Waals surface area contributed by atoms with Crippen LogP contribution in [0.2, 0.25) is 0 Å². The molecule has 2 unspecified atom stereocenters. The molecule has 18 heavy (non-hydrogen) atoms. The van der Waals surface area contributed by atoms with Gasteiger partial charge in [-0.25, -0.2) is 0 Å². The van der Waals surface area contributed by atoms with Crippen LogP contribution in [0.15, 0.2) is 0 Å². The van der Waals surface area contributed by atoms with Crippen LogP contribution in [0.5, 0.6) is 0 Å². The minimum atomic E-state index is -0.387. The summed E-state index contributed by atoms with van der Waals surface area (Å²) in [6.45, 7) is 9.11. The third-order valence-corrected chi connectivity index (χ3v) is 4.44. The van der Waals surface area contributed by atoms with Crippen molar-refractivity contribution in [3.8, 4) is 0 Å². The van der Waals surface area contributed by atoms with Crippen molar-refractivity contribution in [3.05, 3.63) is 0 Å². The number of esters is 1. The fourth-order valence-corrected chi connectivity index (χ4v) is 3.30. The van der Waals surface area contributed by atoms with Crippen LogP contribution in [-0.4, -0.2) is 28.7 Å². The van der Waals surface area contributed by atoms with Crippen LogP contribution in [0.4, 0.5) is 0 Å². The molecule has 1 saturated heterocycles. The fraction of sp³-hybridized carbons (Fsp3) is 0.846. The van der Waals surface area contributed by atoms with E-state index < -0.39 is 0 Å². The summed E-state index contributed by atoms with van der Waals surface area (Å²) in [4.78, 5) is 22.4. The van der Waals surface area contributed by atoms with Gasteiger partial charge < -0.3 is 9.47 Å². The number of hydrogen-bond donors (Lipinski definition) is 0. The van der Waals surface area contributed by atoms with E-state index in [1.807, 2.05) is 0 Å². The Morgan fingerprint density at radius 3 is 2.28 bits per heavy atom. The number of rotatable bonds is 3. The Balaban J connectivity index is 2.86. The predicted octanol–water partition coefficient (Wildman–Crippen LogP) is 2.60. The van der Waals surface area contributed by atoms with Gasteiger partial charge in [0.15, 0.2) is 5.12 Å². The first-order chi connectivity index (χ1) is 8.36. The van der Waals surface area contributed by atoms with Crippen molar-refractivity contribution in [1.82, 2.24) is 0 Å². The van der Waals surface area contributed by atoms with Crippen molar-refractivity contribution in [2.75, 3.05) is 0 Å². The van der Waals surface area contributed by atoms with Gasteiger partial charge in [0.1, 0.15) is 11.5 Å². The van der Waals surface area contributed by atoms with Crippen LogP contribution in [0.25, 0.3) is 0 Å².